The van der Waals surface area contributed by atoms with Crippen LogP contribution in [0, 0.1) is 22.9 Å². The molecule has 110 valence electrons. The van der Waals surface area contributed by atoms with E-state index in [9.17, 15) is 14.5 Å². The van der Waals surface area contributed by atoms with Crippen LogP contribution in [0.1, 0.15) is 12.5 Å². The Labute approximate surface area is 120 Å². The number of aryl methyl sites for hydroxylation is 1. The van der Waals surface area contributed by atoms with Crippen molar-refractivity contribution in [1.29, 1.82) is 0 Å². The van der Waals surface area contributed by atoms with E-state index in [1.54, 1.807) is 6.92 Å². The van der Waals surface area contributed by atoms with E-state index in [0.29, 0.717) is 23.7 Å². The lowest BCUT2D eigenvalue weighted by Gasteiger charge is -2.10. The topological polar surface area (TPSA) is 77.3 Å². The van der Waals surface area contributed by atoms with Gasteiger partial charge < -0.3 is 10.1 Å². The number of halogens is 1. The minimum Gasteiger partial charge on any atom is -0.433 e. The fraction of sp³-hybridized carbons (Fsp3) is 0.214. The molecule has 1 N–H and O–H groups in total. The van der Waals surface area contributed by atoms with E-state index in [4.69, 9.17) is 4.74 Å². The summed E-state index contributed by atoms with van der Waals surface area (Å²) in [5.74, 6) is 0.260. The van der Waals surface area contributed by atoms with E-state index in [2.05, 4.69) is 10.3 Å². The van der Waals surface area contributed by atoms with Crippen molar-refractivity contribution in [1.82, 2.24) is 4.98 Å². The smallest absolute Gasteiger partial charge is 0.331 e. The fourth-order valence-corrected chi connectivity index (χ4v) is 1.76. The monoisotopic (exact) mass is 291 g/mol. The first-order valence-electron chi connectivity index (χ1n) is 6.34. The summed E-state index contributed by atoms with van der Waals surface area (Å²) in [5.41, 5.74) is 0.278. The van der Waals surface area contributed by atoms with E-state index >= 15 is 0 Å². The van der Waals surface area contributed by atoms with Crippen molar-refractivity contribution >= 4 is 11.5 Å². The zero-order valence-electron chi connectivity index (χ0n) is 11.6. The van der Waals surface area contributed by atoms with Gasteiger partial charge in [-0.3, -0.25) is 10.1 Å². The van der Waals surface area contributed by atoms with E-state index in [1.165, 1.54) is 30.3 Å². The molecule has 0 saturated heterocycles. The highest BCUT2D eigenvalue weighted by molar-refractivity contribution is 5.51. The van der Waals surface area contributed by atoms with Crippen LogP contribution >= 0.6 is 0 Å². The highest BCUT2D eigenvalue weighted by Crippen LogP contribution is 2.32. The van der Waals surface area contributed by atoms with Crippen molar-refractivity contribution in [2.24, 2.45) is 0 Å². The standard InChI is InChI=1S/C14H14FN3O3/c1-3-16-13-7-5-11(18(19)20)14(17-13)21-12-6-4-10(15)8-9(12)2/h4-8H,3H2,1-2H3,(H,16,17). The van der Waals surface area contributed by atoms with Gasteiger partial charge in [-0.05, 0) is 43.7 Å². The summed E-state index contributed by atoms with van der Waals surface area (Å²) >= 11 is 0. The highest BCUT2D eigenvalue weighted by atomic mass is 19.1. The number of nitro groups is 1. The van der Waals surface area contributed by atoms with Crippen molar-refractivity contribution in [2.75, 3.05) is 11.9 Å². The van der Waals surface area contributed by atoms with Crippen molar-refractivity contribution in [2.45, 2.75) is 13.8 Å². The molecule has 0 radical (unpaired) electrons. The molecule has 0 aliphatic heterocycles. The molecule has 0 spiro atoms. The lowest BCUT2D eigenvalue weighted by Crippen LogP contribution is -2.02. The molecule has 0 bridgehead atoms. The van der Waals surface area contributed by atoms with E-state index in [0.717, 1.165) is 0 Å². The van der Waals surface area contributed by atoms with Crippen LogP contribution in [-0.2, 0) is 0 Å². The zero-order valence-corrected chi connectivity index (χ0v) is 11.6. The molecular formula is C14H14FN3O3. The summed E-state index contributed by atoms with van der Waals surface area (Å²) < 4.78 is 18.6. The Bertz CT molecular complexity index is 677. The molecule has 2 rings (SSSR count). The van der Waals surface area contributed by atoms with Crippen LogP contribution in [0.15, 0.2) is 30.3 Å². The number of rotatable bonds is 5. The second-order valence-corrected chi connectivity index (χ2v) is 4.32. The first-order chi connectivity index (χ1) is 10.0. The summed E-state index contributed by atoms with van der Waals surface area (Å²) in [5, 5.41) is 14.0. The summed E-state index contributed by atoms with van der Waals surface area (Å²) in [4.78, 5) is 14.5. The Morgan fingerprint density at radius 1 is 1.38 bits per heavy atom. The molecular weight excluding hydrogens is 277 g/mol. The zero-order chi connectivity index (χ0) is 15.4. The van der Waals surface area contributed by atoms with Crippen molar-refractivity contribution in [3.8, 4) is 11.6 Å². The van der Waals surface area contributed by atoms with Gasteiger partial charge in [0.25, 0.3) is 0 Å². The number of nitrogens with one attached hydrogen (secondary N) is 1. The van der Waals surface area contributed by atoms with Gasteiger partial charge in [-0.2, -0.15) is 4.98 Å². The van der Waals surface area contributed by atoms with Crippen molar-refractivity contribution < 1.29 is 14.1 Å². The number of benzene rings is 1. The predicted octanol–water partition coefficient (Wildman–Crippen LogP) is 3.66. The second-order valence-electron chi connectivity index (χ2n) is 4.32. The Morgan fingerprint density at radius 2 is 2.14 bits per heavy atom. The third-order valence-corrected chi connectivity index (χ3v) is 2.74. The Kier molecular flexibility index (Phi) is 4.32. The van der Waals surface area contributed by atoms with Gasteiger partial charge in [0, 0.05) is 12.6 Å². The quantitative estimate of drug-likeness (QED) is 0.672. The van der Waals surface area contributed by atoms with Gasteiger partial charge in [-0.15, -0.1) is 0 Å². The normalized spacial score (nSPS) is 10.2. The SMILES string of the molecule is CCNc1ccc([N+](=O)[O-])c(Oc2ccc(F)cc2C)n1. The average Bonchev–Trinajstić information content (AvgIpc) is 2.42. The minimum atomic E-state index is -0.573. The Morgan fingerprint density at radius 3 is 2.76 bits per heavy atom. The van der Waals surface area contributed by atoms with Crippen LogP contribution in [-0.4, -0.2) is 16.5 Å². The largest absolute Gasteiger partial charge is 0.433 e. The Balaban J connectivity index is 2.40. The molecule has 0 unspecified atom stereocenters. The maximum absolute atomic E-state index is 13.1. The molecule has 1 aromatic carbocycles. The number of anilines is 1. The lowest BCUT2D eigenvalue weighted by atomic mass is 10.2. The Hall–Kier alpha value is -2.70. The van der Waals surface area contributed by atoms with Crippen LogP contribution in [0.4, 0.5) is 15.9 Å². The van der Waals surface area contributed by atoms with Gasteiger partial charge in [-0.25, -0.2) is 4.39 Å². The van der Waals surface area contributed by atoms with Crippen molar-refractivity contribution in [3.05, 3.63) is 51.8 Å². The molecule has 0 amide bonds. The summed E-state index contributed by atoms with van der Waals surface area (Å²) in [6, 6.07) is 6.75. The molecule has 7 heteroatoms. The summed E-state index contributed by atoms with van der Waals surface area (Å²) in [6.07, 6.45) is 0. The molecule has 21 heavy (non-hydrogen) atoms. The first kappa shape index (κ1) is 14.7. The molecule has 1 aromatic heterocycles. The fourth-order valence-electron chi connectivity index (χ4n) is 1.76. The molecule has 0 aliphatic carbocycles. The van der Waals surface area contributed by atoms with Crippen LogP contribution in [0.2, 0.25) is 0 Å². The van der Waals surface area contributed by atoms with Crippen LogP contribution < -0.4 is 10.1 Å². The third kappa shape index (κ3) is 3.44. The number of nitrogens with zero attached hydrogens (tertiary/aromatic N) is 2. The van der Waals surface area contributed by atoms with Gasteiger partial charge in [0.15, 0.2) is 0 Å². The van der Waals surface area contributed by atoms with Crippen LogP contribution in [0.25, 0.3) is 0 Å². The number of pyridine rings is 1. The van der Waals surface area contributed by atoms with Gasteiger partial charge in [0.1, 0.15) is 17.4 Å². The maximum Gasteiger partial charge on any atom is 0.331 e. The van der Waals surface area contributed by atoms with Crippen LogP contribution in [0.3, 0.4) is 0 Å². The summed E-state index contributed by atoms with van der Waals surface area (Å²) in [6.45, 7) is 4.16. The number of hydrogen-bond acceptors (Lipinski definition) is 5. The average molecular weight is 291 g/mol. The van der Waals surface area contributed by atoms with Crippen LogP contribution in [0.5, 0.6) is 11.6 Å². The van der Waals surface area contributed by atoms with E-state index in [-0.39, 0.29) is 11.6 Å². The molecule has 0 atom stereocenters. The van der Waals surface area contributed by atoms with Gasteiger partial charge in [-0.1, -0.05) is 0 Å². The van der Waals surface area contributed by atoms with Crippen molar-refractivity contribution in [3.63, 3.8) is 0 Å². The molecule has 0 saturated carbocycles. The van der Waals surface area contributed by atoms with Gasteiger partial charge >= 0.3 is 11.6 Å². The number of ether oxygens (including phenoxy) is 1. The molecule has 0 fully saturated rings. The predicted molar refractivity (Wildman–Crippen MR) is 76.3 cm³/mol. The summed E-state index contributed by atoms with van der Waals surface area (Å²) in [7, 11) is 0. The van der Waals surface area contributed by atoms with E-state index in [1.807, 2.05) is 6.92 Å². The maximum atomic E-state index is 13.1. The van der Waals surface area contributed by atoms with Gasteiger partial charge in [0.2, 0.25) is 0 Å². The number of hydrogen-bond donors (Lipinski definition) is 1. The second kappa shape index (κ2) is 6.17. The van der Waals surface area contributed by atoms with Gasteiger partial charge in [0.05, 0.1) is 4.92 Å². The highest BCUT2D eigenvalue weighted by Gasteiger charge is 2.19. The molecule has 1 heterocycles. The number of aromatic nitrogens is 1. The molecule has 0 aliphatic rings. The lowest BCUT2D eigenvalue weighted by molar-refractivity contribution is -0.386. The first-order valence-corrected chi connectivity index (χ1v) is 6.34. The minimum absolute atomic E-state index is 0.131. The molecule has 6 nitrogen and oxygen atoms in total. The molecule has 2 aromatic rings. The third-order valence-electron chi connectivity index (χ3n) is 2.74. The van der Waals surface area contributed by atoms with E-state index < -0.39 is 10.7 Å².